The van der Waals surface area contributed by atoms with Crippen LogP contribution in [-0.2, 0) is 0 Å². The Labute approximate surface area is 109 Å². The Morgan fingerprint density at radius 2 is 2.33 bits per heavy atom. The van der Waals surface area contributed by atoms with Crippen LogP contribution in [0.15, 0.2) is 12.3 Å². The molecule has 0 radical (unpaired) electrons. The number of nitrogens with one attached hydrogen (secondary N) is 1. The maximum atomic E-state index is 12.3. The summed E-state index contributed by atoms with van der Waals surface area (Å²) in [6.45, 7) is 7.22. The maximum Gasteiger partial charge on any atom is 0.255 e. The molecule has 2 heterocycles. The second-order valence-corrected chi connectivity index (χ2v) is 5.98. The van der Waals surface area contributed by atoms with E-state index in [1.165, 1.54) is 0 Å². The Hall–Kier alpha value is -1.29. The summed E-state index contributed by atoms with van der Waals surface area (Å²) in [5.74, 6) is 0.115. The molecule has 1 aliphatic rings. The van der Waals surface area contributed by atoms with Crippen molar-refractivity contribution in [3.63, 3.8) is 0 Å². The molecule has 1 amide bonds. The molecule has 1 unspecified atom stereocenters. The molecule has 0 bridgehead atoms. The number of carbonyl (C=O) groups excluding carboxylic acids is 1. The van der Waals surface area contributed by atoms with Crippen molar-refractivity contribution in [2.75, 3.05) is 33.7 Å². The minimum atomic E-state index is 0.115. The highest BCUT2D eigenvalue weighted by Gasteiger charge is 2.34. The van der Waals surface area contributed by atoms with Gasteiger partial charge in [-0.2, -0.15) is 0 Å². The molecule has 1 fully saturated rings. The zero-order chi connectivity index (χ0) is 13.3. The van der Waals surface area contributed by atoms with Crippen molar-refractivity contribution in [2.45, 2.75) is 20.3 Å². The number of nitrogens with zero attached hydrogens (tertiary/aromatic N) is 2. The van der Waals surface area contributed by atoms with E-state index in [4.69, 9.17) is 0 Å². The van der Waals surface area contributed by atoms with Gasteiger partial charge in [-0.25, -0.2) is 0 Å². The van der Waals surface area contributed by atoms with Crippen LogP contribution in [0.3, 0.4) is 0 Å². The summed E-state index contributed by atoms with van der Waals surface area (Å²) in [5, 5.41) is 0. The first-order valence-electron chi connectivity index (χ1n) is 6.49. The van der Waals surface area contributed by atoms with Crippen LogP contribution in [0.25, 0.3) is 0 Å². The molecule has 0 spiro atoms. The van der Waals surface area contributed by atoms with Gasteiger partial charge in [0, 0.05) is 32.0 Å². The van der Waals surface area contributed by atoms with E-state index in [1.54, 1.807) is 0 Å². The van der Waals surface area contributed by atoms with Crippen molar-refractivity contribution in [3.05, 3.63) is 23.5 Å². The number of aryl methyl sites for hydroxylation is 1. The molecule has 18 heavy (non-hydrogen) atoms. The van der Waals surface area contributed by atoms with Gasteiger partial charge in [0.1, 0.15) is 0 Å². The minimum Gasteiger partial charge on any atom is -0.365 e. The highest BCUT2D eigenvalue weighted by Crippen LogP contribution is 2.30. The molecule has 4 heteroatoms. The van der Waals surface area contributed by atoms with Crippen molar-refractivity contribution in [1.29, 1.82) is 0 Å². The van der Waals surface area contributed by atoms with Crippen molar-refractivity contribution >= 4 is 5.91 Å². The molecule has 4 nitrogen and oxygen atoms in total. The van der Waals surface area contributed by atoms with Gasteiger partial charge in [-0.15, -0.1) is 0 Å². The molecule has 0 aromatic carbocycles. The normalized spacial score (nSPS) is 24.4. The summed E-state index contributed by atoms with van der Waals surface area (Å²) < 4.78 is 0. The molecule has 1 aromatic rings. The number of aromatic amines is 1. The maximum absolute atomic E-state index is 12.3. The monoisotopic (exact) mass is 249 g/mol. The van der Waals surface area contributed by atoms with E-state index < -0.39 is 0 Å². The molecule has 2 rings (SSSR count). The predicted molar refractivity (Wildman–Crippen MR) is 72.7 cm³/mol. The van der Waals surface area contributed by atoms with Gasteiger partial charge < -0.3 is 14.8 Å². The number of amides is 1. The van der Waals surface area contributed by atoms with Crippen LogP contribution in [0.1, 0.15) is 29.4 Å². The van der Waals surface area contributed by atoms with E-state index in [9.17, 15) is 4.79 Å². The standard InChI is InChI=1S/C14H23N3O/c1-11-12(5-7-15-11)13(18)17(4)10-14(2)6-8-16(3)9-14/h5,7,15H,6,8-10H2,1-4H3. The minimum absolute atomic E-state index is 0.115. The first-order chi connectivity index (χ1) is 8.41. The Kier molecular flexibility index (Phi) is 3.48. The van der Waals surface area contributed by atoms with Crippen LogP contribution < -0.4 is 0 Å². The third kappa shape index (κ3) is 2.58. The largest absolute Gasteiger partial charge is 0.365 e. The summed E-state index contributed by atoms with van der Waals surface area (Å²) >= 11 is 0. The fourth-order valence-electron chi connectivity index (χ4n) is 2.93. The lowest BCUT2D eigenvalue weighted by molar-refractivity contribution is 0.0730. The van der Waals surface area contributed by atoms with Gasteiger partial charge in [-0.3, -0.25) is 4.79 Å². The summed E-state index contributed by atoms with van der Waals surface area (Å²) in [5.41, 5.74) is 1.96. The van der Waals surface area contributed by atoms with Gasteiger partial charge in [-0.05, 0) is 38.4 Å². The van der Waals surface area contributed by atoms with Crippen LogP contribution in [0, 0.1) is 12.3 Å². The van der Waals surface area contributed by atoms with E-state index >= 15 is 0 Å². The Morgan fingerprint density at radius 3 is 2.83 bits per heavy atom. The highest BCUT2D eigenvalue weighted by atomic mass is 16.2. The third-order valence-electron chi connectivity index (χ3n) is 3.90. The van der Waals surface area contributed by atoms with Crippen LogP contribution in [0.5, 0.6) is 0 Å². The molecular weight excluding hydrogens is 226 g/mol. The molecule has 0 aliphatic carbocycles. The SMILES string of the molecule is Cc1[nH]ccc1C(=O)N(C)CC1(C)CCN(C)C1. The number of likely N-dealkylation sites (tertiary alicyclic amines) is 1. The van der Waals surface area contributed by atoms with Gasteiger partial charge in [0.15, 0.2) is 0 Å². The van der Waals surface area contributed by atoms with Crippen molar-refractivity contribution < 1.29 is 4.79 Å². The number of hydrogen-bond acceptors (Lipinski definition) is 2. The van der Waals surface area contributed by atoms with Crippen molar-refractivity contribution in [2.24, 2.45) is 5.41 Å². The number of H-pyrrole nitrogens is 1. The smallest absolute Gasteiger partial charge is 0.255 e. The summed E-state index contributed by atoms with van der Waals surface area (Å²) in [4.78, 5) is 19.6. The van der Waals surface area contributed by atoms with Gasteiger partial charge >= 0.3 is 0 Å². The van der Waals surface area contributed by atoms with E-state index in [-0.39, 0.29) is 11.3 Å². The second-order valence-electron chi connectivity index (χ2n) is 5.98. The first-order valence-corrected chi connectivity index (χ1v) is 6.49. The van der Waals surface area contributed by atoms with Crippen LogP contribution in [-0.4, -0.2) is 54.4 Å². The Morgan fingerprint density at radius 1 is 1.61 bits per heavy atom. The van der Waals surface area contributed by atoms with E-state index in [0.717, 1.165) is 37.3 Å². The number of aromatic nitrogens is 1. The zero-order valence-electron chi connectivity index (χ0n) is 11.8. The quantitative estimate of drug-likeness (QED) is 0.886. The molecule has 1 atom stereocenters. The second kappa shape index (κ2) is 4.76. The molecule has 1 saturated heterocycles. The lowest BCUT2D eigenvalue weighted by atomic mass is 9.89. The highest BCUT2D eigenvalue weighted by molar-refractivity contribution is 5.95. The van der Waals surface area contributed by atoms with E-state index in [1.807, 2.05) is 31.1 Å². The fraction of sp³-hybridized carbons (Fsp3) is 0.643. The Balaban J connectivity index is 2.02. The third-order valence-corrected chi connectivity index (χ3v) is 3.90. The number of carbonyl (C=O) groups is 1. The van der Waals surface area contributed by atoms with Crippen LogP contribution >= 0.6 is 0 Å². The molecule has 1 aliphatic heterocycles. The summed E-state index contributed by atoms with van der Waals surface area (Å²) in [6.07, 6.45) is 2.98. The molecule has 1 N–H and O–H groups in total. The first kappa shape index (κ1) is 13.1. The van der Waals surface area contributed by atoms with Crippen LogP contribution in [0.4, 0.5) is 0 Å². The van der Waals surface area contributed by atoms with Gasteiger partial charge in [0.2, 0.25) is 0 Å². The molecule has 100 valence electrons. The lowest BCUT2D eigenvalue weighted by Gasteiger charge is -2.30. The average molecular weight is 249 g/mol. The molecule has 1 aromatic heterocycles. The van der Waals surface area contributed by atoms with Crippen molar-refractivity contribution in [1.82, 2.24) is 14.8 Å². The number of hydrogen-bond donors (Lipinski definition) is 1. The predicted octanol–water partition coefficient (Wildman–Crippen LogP) is 1.74. The van der Waals surface area contributed by atoms with Crippen molar-refractivity contribution in [3.8, 4) is 0 Å². The fourth-order valence-corrected chi connectivity index (χ4v) is 2.93. The van der Waals surface area contributed by atoms with E-state index in [2.05, 4.69) is 23.9 Å². The van der Waals surface area contributed by atoms with Crippen LogP contribution in [0.2, 0.25) is 0 Å². The van der Waals surface area contributed by atoms with E-state index in [0.29, 0.717) is 0 Å². The van der Waals surface area contributed by atoms with Gasteiger partial charge in [0.25, 0.3) is 5.91 Å². The summed E-state index contributed by atoms with van der Waals surface area (Å²) in [6, 6.07) is 1.86. The number of rotatable bonds is 3. The lowest BCUT2D eigenvalue weighted by Crippen LogP contribution is -2.38. The molecular formula is C14H23N3O. The van der Waals surface area contributed by atoms with Gasteiger partial charge in [-0.1, -0.05) is 6.92 Å². The molecule has 0 saturated carbocycles. The van der Waals surface area contributed by atoms with Gasteiger partial charge in [0.05, 0.1) is 5.56 Å². The average Bonchev–Trinajstić information content (AvgIpc) is 2.84. The summed E-state index contributed by atoms with van der Waals surface area (Å²) in [7, 11) is 4.04. The Bertz CT molecular complexity index is 440. The zero-order valence-corrected chi connectivity index (χ0v) is 11.8. The topological polar surface area (TPSA) is 39.3 Å².